The van der Waals surface area contributed by atoms with Gasteiger partial charge in [-0.3, -0.25) is 0 Å². The second kappa shape index (κ2) is 2.07. The molecule has 2 heteroatoms. The summed E-state index contributed by atoms with van der Waals surface area (Å²) in [4.78, 5) is 0. The van der Waals surface area contributed by atoms with Crippen molar-refractivity contribution in [3.05, 3.63) is 0 Å². The van der Waals surface area contributed by atoms with Crippen molar-refractivity contribution in [2.45, 2.75) is 30.5 Å². The van der Waals surface area contributed by atoms with E-state index in [2.05, 4.69) is 6.92 Å². The highest BCUT2D eigenvalue weighted by molar-refractivity contribution is 6.49. The summed E-state index contributed by atoms with van der Waals surface area (Å²) in [7, 11) is 0. The summed E-state index contributed by atoms with van der Waals surface area (Å²) in [6.45, 7) is 2.13. The fourth-order valence-corrected chi connectivity index (χ4v) is 1.81. The van der Waals surface area contributed by atoms with Gasteiger partial charge in [-0.15, -0.1) is 23.2 Å². The fraction of sp³-hybridized carbons (Fsp3) is 1.00. The van der Waals surface area contributed by atoms with Crippen LogP contribution in [0, 0.1) is 5.92 Å². The first-order valence-electron chi connectivity index (χ1n) is 3.04. The van der Waals surface area contributed by atoms with Gasteiger partial charge in [0.15, 0.2) is 0 Å². The van der Waals surface area contributed by atoms with Crippen LogP contribution in [-0.2, 0) is 0 Å². The Morgan fingerprint density at radius 1 is 1.62 bits per heavy atom. The normalized spacial score (nSPS) is 34.1. The number of halogens is 2. The summed E-state index contributed by atoms with van der Waals surface area (Å²) in [5.41, 5.74) is 0. The Labute approximate surface area is 60.2 Å². The lowest BCUT2D eigenvalue weighted by Crippen LogP contribution is -2.35. The lowest BCUT2D eigenvalue weighted by molar-refractivity contribution is 0.280. The maximum atomic E-state index is 5.84. The molecule has 0 bridgehead atoms. The van der Waals surface area contributed by atoms with Crippen LogP contribution in [0.5, 0.6) is 0 Å². The zero-order valence-corrected chi connectivity index (χ0v) is 6.47. The SMILES string of the molecule is CCC1CCC1(Cl)Cl. The molecule has 1 fully saturated rings. The van der Waals surface area contributed by atoms with Gasteiger partial charge in [0.1, 0.15) is 4.33 Å². The number of rotatable bonds is 1. The molecule has 0 aliphatic heterocycles. The third kappa shape index (κ3) is 0.964. The van der Waals surface area contributed by atoms with Crippen LogP contribution >= 0.6 is 23.2 Å². The Morgan fingerprint density at radius 2 is 2.25 bits per heavy atom. The first-order valence-corrected chi connectivity index (χ1v) is 3.80. The molecule has 0 saturated heterocycles. The monoisotopic (exact) mass is 152 g/mol. The van der Waals surface area contributed by atoms with Crippen molar-refractivity contribution >= 4 is 23.2 Å². The molecule has 8 heavy (non-hydrogen) atoms. The molecule has 0 aromatic carbocycles. The Bertz CT molecular complexity index is 86.5. The van der Waals surface area contributed by atoms with Crippen LogP contribution < -0.4 is 0 Å². The predicted octanol–water partition coefficient (Wildman–Crippen LogP) is 2.98. The van der Waals surface area contributed by atoms with Gasteiger partial charge in [0, 0.05) is 0 Å². The molecule has 1 aliphatic rings. The molecule has 0 aromatic rings. The summed E-state index contributed by atoms with van der Waals surface area (Å²) in [5, 5.41) is 0. The van der Waals surface area contributed by atoms with E-state index in [4.69, 9.17) is 23.2 Å². The maximum Gasteiger partial charge on any atom is 0.121 e. The smallest absolute Gasteiger partial charge is 0.101 e. The Kier molecular flexibility index (Phi) is 1.74. The number of hydrogen-bond donors (Lipinski definition) is 0. The molecular weight excluding hydrogens is 143 g/mol. The molecule has 0 amide bonds. The Morgan fingerprint density at radius 3 is 2.25 bits per heavy atom. The van der Waals surface area contributed by atoms with Gasteiger partial charge in [-0.1, -0.05) is 13.3 Å². The fourth-order valence-electron chi connectivity index (χ4n) is 1.07. The number of hydrogen-bond acceptors (Lipinski definition) is 0. The van der Waals surface area contributed by atoms with Crippen molar-refractivity contribution in [3.8, 4) is 0 Å². The van der Waals surface area contributed by atoms with Crippen molar-refractivity contribution in [2.24, 2.45) is 5.92 Å². The second-order valence-electron chi connectivity index (χ2n) is 2.40. The summed E-state index contributed by atoms with van der Waals surface area (Å²) in [6, 6.07) is 0. The van der Waals surface area contributed by atoms with Gasteiger partial charge in [-0.25, -0.2) is 0 Å². The van der Waals surface area contributed by atoms with E-state index in [0.29, 0.717) is 5.92 Å². The Hall–Kier alpha value is 0.580. The van der Waals surface area contributed by atoms with E-state index in [-0.39, 0.29) is 4.33 Å². The minimum absolute atomic E-state index is 0.366. The van der Waals surface area contributed by atoms with Gasteiger partial charge >= 0.3 is 0 Å². The van der Waals surface area contributed by atoms with Gasteiger partial charge in [-0.05, 0) is 18.8 Å². The zero-order chi connectivity index (χ0) is 6.20. The minimum atomic E-state index is -0.366. The largest absolute Gasteiger partial charge is 0.121 e. The van der Waals surface area contributed by atoms with E-state index in [1.165, 1.54) is 6.42 Å². The van der Waals surface area contributed by atoms with E-state index in [1.807, 2.05) is 0 Å². The average molecular weight is 153 g/mol. The first-order chi connectivity index (χ1) is 3.67. The van der Waals surface area contributed by atoms with Crippen molar-refractivity contribution < 1.29 is 0 Å². The van der Waals surface area contributed by atoms with Gasteiger partial charge in [0.2, 0.25) is 0 Å². The van der Waals surface area contributed by atoms with E-state index < -0.39 is 0 Å². The van der Waals surface area contributed by atoms with E-state index in [1.54, 1.807) is 0 Å². The molecule has 0 aromatic heterocycles. The maximum absolute atomic E-state index is 5.84. The first kappa shape index (κ1) is 6.70. The van der Waals surface area contributed by atoms with E-state index in [0.717, 1.165) is 12.8 Å². The molecule has 0 spiro atoms. The molecule has 1 aliphatic carbocycles. The van der Waals surface area contributed by atoms with Crippen LogP contribution in [0.2, 0.25) is 0 Å². The highest BCUT2D eigenvalue weighted by Gasteiger charge is 2.41. The lowest BCUT2D eigenvalue weighted by Gasteiger charge is -2.39. The molecule has 1 unspecified atom stereocenters. The van der Waals surface area contributed by atoms with Crippen molar-refractivity contribution in [3.63, 3.8) is 0 Å². The lowest BCUT2D eigenvalue weighted by atomic mass is 9.82. The molecule has 1 rings (SSSR count). The van der Waals surface area contributed by atoms with Crippen molar-refractivity contribution in [1.82, 2.24) is 0 Å². The van der Waals surface area contributed by atoms with Crippen LogP contribution in [0.4, 0.5) is 0 Å². The standard InChI is InChI=1S/C6H10Cl2/c1-2-5-3-4-6(5,7)8/h5H,2-4H2,1H3. The topological polar surface area (TPSA) is 0 Å². The van der Waals surface area contributed by atoms with Gasteiger partial charge < -0.3 is 0 Å². The van der Waals surface area contributed by atoms with Gasteiger partial charge in [0.25, 0.3) is 0 Å². The van der Waals surface area contributed by atoms with Gasteiger partial charge in [-0.2, -0.15) is 0 Å². The molecular formula is C6H10Cl2. The molecule has 0 N–H and O–H groups in total. The molecule has 0 heterocycles. The minimum Gasteiger partial charge on any atom is -0.101 e. The quantitative estimate of drug-likeness (QED) is 0.508. The van der Waals surface area contributed by atoms with Crippen LogP contribution in [0.1, 0.15) is 26.2 Å². The Balaban J connectivity index is 2.37. The molecule has 0 nitrogen and oxygen atoms in total. The predicted molar refractivity (Wildman–Crippen MR) is 37.5 cm³/mol. The summed E-state index contributed by atoms with van der Waals surface area (Å²) < 4.78 is -0.366. The second-order valence-corrected chi connectivity index (χ2v) is 3.95. The summed E-state index contributed by atoms with van der Waals surface area (Å²) in [5.74, 6) is 0.561. The highest BCUT2D eigenvalue weighted by Crippen LogP contribution is 2.48. The molecule has 0 radical (unpaired) electrons. The third-order valence-electron chi connectivity index (χ3n) is 1.92. The van der Waals surface area contributed by atoms with Crippen LogP contribution in [0.25, 0.3) is 0 Å². The summed E-state index contributed by atoms with van der Waals surface area (Å²) >= 11 is 11.7. The molecule has 1 saturated carbocycles. The van der Waals surface area contributed by atoms with Crippen LogP contribution in [-0.4, -0.2) is 4.33 Å². The molecule has 48 valence electrons. The zero-order valence-electron chi connectivity index (χ0n) is 4.95. The third-order valence-corrected chi connectivity index (χ3v) is 2.91. The van der Waals surface area contributed by atoms with Crippen LogP contribution in [0.15, 0.2) is 0 Å². The van der Waals surface area contributed by atoms with E-state index >= 15 is 0 Å². The van der Waals surface area contributed by atoms with E-state index in [9.17, 15) is 0 Å². The van der Waals surface area contributed by atoms with Crippen molar-refractivity contribution in [2.75, 3.05) is 0 Å². The summed E-state index contributed by atoms with van der Waals surface area (Å²) in [6.07, 6.45) is 3.31. The van der Waals surface area contributed by atoms with Gasteiger partial charge in [0.05, 0.1) is 0 Å². The van der Waals surface area contributed by atoms with Crippen molar-refractivity contribution in [1.29, 1.82) is 0 Å². The molecule has 1 atom stereocenters. The number of alkyl halides is 2. The van der Waals surface area contributed by atoms with Crippen LogP contribution in [0.3, 0.4) is 0 Å². The highest BCUT2D eigenvalue weighted by atomic mass is 35.5. The average Bonchev–Trinajstić information content (AvgIpc) is 1.66.